The van der Waals surface area contributed by atoms with Crippen LogP contribution in [0.4, 0.5) is 0 Å². The second-order valence-corrected chi connectivity index (χ2v) is 7.08. The molecule has 0 aromatic carbocycles. The monoisotopic (exact) mass is 369 g/mol. The molecule has 0 amide bonds. The highest BCUT2D eigenvalue weighted by atomic mass is 16.3. The first-order valence-corrected chi connectivity index (χ1v) is 9.13. The number of nitrogens with one attached hydrogen (secondary N) is 2. The van der Waals surface area contributed by atoms with Crippen LogP contribution in [-0.4, -0.2) is 33.7 Å². The molecule has 8 bridgehead atoms. The van der Waals surface area contributed by atoms with Gasteiger partial charge in [-0.2, -0.15) is 0 Å². The van der Waals surface area contributed by atoms with E-state index in [9.17, 15) is 5.11 Å². The molecule has 2 unspecified atom stereocenters. The summed E-state index contributed by atoms with van der Waals surface area (Å²) in [6.45, 7) is 3.63. The Morgan fingerprint density at radius 2 is 1.75 bits per heavy atom. The molecule has 0 spiro atoms. The third-order valence-electron chi connectivity index (χ3n) is 4.97. The van der Waals surface area contributed by atoms with Crippen LogP contribution in [0.2, 0.25) is 0 Å². The van der Waals surface area contributed by atoms with Crippen LogP contribution in [0, 0.1) is 0 Å². The third-order valence-corrected chi connectivity index (χ3v) is 4.97. The highest BCUT2D eigenvalue weighted by Gasteiger charge is 2.35. The van der Waals surface area contributed by atoms with Crippen LogP contribution in [0.3, 0.4) is 0 Å². The molecule has 5 heterocycles. The van der Waals surface area contributed by atoms with Crippen molar-refractivity contribution in [2.24, 2.45) is 9.98 Å². The van der Waals surface area contributed by atoms with E-state index in [0.29, 0.717) is 5.70 Å². The quantitative estimate of drug-likeness (QED) is 0.740. The Labute approximate surface area is 164 Å². The van der Waals surface area contributed by atoms with Gasteiger partial charge in [0.05, 0.1) is 35.0 Å². The zero-order valence-corrected chi connectivity index (χ0v) is 15.2. The second-order valence-electron chi connectivity index (χ2n) is 7.08. The number of aromatic nitrogens is 1. The van der Waals surface area contributed by atoms with Crippen LogP contribution >= 0.6 is 0 Å². The molecular formula is C23H20N4O. The summed E-state index contributed by atoms with van der Waals surface area (Å²) in [4.78, 5) is 12.6. The fourth-order valence-electron chi connectivity index (χ4n) is 3.65. The standard InChI is InChI=1S/C23H20N4O/c1-2-15-12-23(14-28)13-21-8-7-19(26-21)10-17-4-3-16(24-17)9-18-5-6-20(25-18)11-22(15)27-23/h2-11,13,24,27-28H,1,12,14H2/b16-9-,17-10-,20-11-,21-13-/i12D. The van der Waals surface area contributed by atoms with E-state index >= 15 is 0 Å². The molecule has 2 atom stereocenters. The number of allylic oxidation sites excluding steroid dienone is 6. The minimum atomic E-state index is -0.980. The van der Waals surface area contributed by atoms with Crippen molar-refractivity contribution >= 4 is 23.6 Å². The molecule has 138 valence electrons. The summed E-state index contributed by atoms with van der Waals surface area (Å²) in [7, 11) is 0. The Hall–Kier alpha value is -3.44. The maximum absolute atomic E-state index is 10.2. The Kier molecular flexibility index (Phi) is 3.52. The first-order valence-electron chi connectivity index (χ1n) is 9.71. The van der Waals surface area contributed by atoms with Crippen molar-refractivity contribution in [2.45, 2.75) is 11.9 Å². The van der Waals surface area contributed by atoms with E-state index in [1.165, 1.54) is 0 Å². The predicted molar refractivity (Wildman–Crippen MR) is 113 cm³/mol. The van der Waals surface area contributed by atoms with E-state index in [-0.39, 0.29) is 6.61 Å². The summed E-state index contributed by atoms with van der Waals surface area (Å²) in [6, 6.07) is 4.00. The zero-order valence-electron chi connectivity index (χ0n) is 16.2. The van der Waals surface area contributed by atoms with Gasteiger partial charge in [0.1, 0.15) is 0 Å². The predicted octanol–water partition coefficient (Wildman–Crippen LogP) is 1.54. The van der Waals surface area contributed by atoms with E-state index in [2.05, 4.69) is 26.9 Å². The summed E-state index contributed by atoms with van der Waals surface area (Å²) in [5.41, 5.74) is 3.61. The van der Waals surface area contributed by atoms with Crippen LogP contribution in [0.1, 0.15) is 7.77 Å². The summed E-state index contributed by atoms with van der Waals surface area (Å²) in [5.74, 6) is 0. The van der Waals surface area contributed by atoms with E-state index in [0.717, 1.165) is 39.1 Å². The number of fused-ring (bicyclic) bond motifs is 6. The Balaban J connectivity index is 1.73. The molecule has 0 saturated carbocycles. The van der Waals surface area contributed by atoms with E-state index < -0.39 is 11.9 Å². The average Bonchev–Trinajstić information content (AvgIpc) is 3.47. The molecule has 5 heteroatoms. The molecule has 4 aliphatic rings. The Morgan fingerprint density at radius 3 is 2.43 bits per heavy atom. The lowest BCUT2D eigenvalue weighted by atomic mass is 9.94. The largest absolute Gasteiger partial charge is 0.394 e. The van der Waals surface area contributed by atoms with Crippen molar-refractivity contribution in [2.75, 3.05) is 6.61 Å². The maximum atomic E-state index is 10.2. The molecule has 0 radical (unpaired) electrons. The maximum Gasteiger partial charge on any atom is 0.0852 e. The smallest absolute Gasteiger partial charge is 0.0852 e. The number of aromatic amines is 1. The number of aliphatic hydroxyl groups excluding tert-OH is 1. The van der Waals surface area contributed by atoms with E-state index in [1.807, 2.05) is 60.7 Å². The molecular weight excluding hydrogens is 348 g/mol. The minimum absolute atomic E-state index is 0.241. The molecule has 4 aliphatic heterocycles. The molecule has 0 fully saturated rings. The third kappa shape index (κ3) is 2.96. The van der Waals surface area contributed by atoms with Crippen LogP contribution in [-0.2, 0) is 0 Å². The van der Waals surface area contributed by atoms with Gasteiger partial charge in [0.2, 0.25) is 0 Å². The van der Waals surface area contributed by atoms with Gasteiger partial charge in [0.25, 0.3) is 0 Å². The molecule has 3 N–H and O–H groups in total. The van der Waals surface area contributed by atoms with Gasteiger partial charge in [-0.3, -0.25) is 0 Å². The first kappa shape index (κ1) is 15.6. The van der Waals surface area contributed by atoms with Crippen LogP contribution in [0.25, 0.3) is 12.2 Å². The van der Waals surface area contributed by atoms with Crippen LogP contribution in [0.15, 0.2) is 93.9 Å². The highest BCUT2D eigenvalue weighted by molar-refractivity contribution is 6.20. The normalized spacial score (nSPS) is 34.0. The molecule has 1 aromatic rings. The van der Waals surface area contributed by atoms with Crippen molar-refractivity contribution < 1.29 is 6.48 Å². The van der Waals surface area contributed by atoms with E-state index in [1.54, 1.807) is 6.08 Å². The summed E-state index contributed by atoms with van der Waals surface area (Å²) >= 11 is 0. The van der Waals surface area contributed by atoms with Crippen LogP contribution in [0.5, 0.6) is 0 Å². The molecule has 5 nitrogen and oxygen atoms in total. The number of H-pyrrole nitrogens is 1. The lowest BCUT2D eigenvalue weighted by Crippen LogP contribution is -2.42. The van der Waals surface area contributed by atoms with Crippen molar-refractivity contribution in [1.29, 1.82) is 0 Å². The summed E-state index contributed by atoms with van der Waals surface area (Å²) < 4.78 is 8.76. The molecule has 0 aliphatic carbocycles. The topological polar surface area (TPSA) is 72.8 Å². The zero-order chi connectivity index (χ0) is 20.0. The van der Waals surface area contributed by atoms with Crippen molar-refractivity contribution in [3.63, 3.8) is 0 Å². The van der Waals surface area contributed by atoms with Gasteiger partial charge in [0.15, 0.2) is 0 Å². The lowest BCUT2D eigenvalue weighted by molar-refractivity contribution is 0.213. The molecule has 1 aromatic heterocycles. The Morgan fingerprint density at radius 1 is 1.07 bits per heavy atom. The number of aliphatic hydroxyl groups is 1. The summed E-state index contributed by atoms with van der Waals surface area (Å²) in [5, 5.41) is 15.5. The Bertz CT molecular complexity index is 1250. The van der Waals surface area contributed by atoms with E-state index in [4.69, 9.17) is 1.37 Å². The van der Waals surface area contributed by atoms with Gasteiger partial charge >= 0.3 is 0 Å². The SMILES string of the molecule is [2H]C1C(C=C)=C2/C=C3/C=CC(=N3)/C=c3/cc/c([nH]3)=C/C3=NC(=C\C1(CO)N2)/C=C3. The lowest BCUT2D eigenvalue weighted by Gasteiger charge is -2.25. The van der Waals surface area contributed by atoms with Crippen molar-refractivity contribution in [3.8, 4) is 0 Å². The first-order chi connectivity index (χ1) is 14.1. The number of hydrogen-bond acceptors (Lipinski definition) is 4. The van der Waals surface area contributed by atoms with Gasteiger partial charge in [-0.1, -0.05) is 12.7 Å². The van der Waals surface area contributed by atoms with Gasteiger partial charge in [-0.15, -0.1) is 0 Å². The number of rotatable bonds is 2. The fourth-order valence-corrected chi connectivity index (χ4v) is 3.65. The number of aliphatic imine (C=N–C) groups is 2. The number of nitrogens with zero attached hydrogens (tertiary/aromatic N) is 2. The molecule has 5 rings (SSSR count). The van der Waals surface area contributed by atoms with Gasteiger partial charge in [-0.25, -0.2) is 9.98 Å². The fraction of sp³-hybridized carbons (Fsp3) is 0.130. The number of hydrogen-bond donors (Lipinski definition) is 3. The summed E-state index contributed by atoms with van der Waals surface area (Å²) in [6.07, 6.45) is 16.3. The average molecular weight is 369 g/mol. The van der Waals surface area contributed by atoms with Gasteiger partial charge in [-0.05, 0) is 66.3 Å². The van der Waals surface area contributed by atoms with Gasteiger partial charge < -0.3 is 15.4 Å². The minimum Gasteiger partial charge on any atom is -0.394 e. The van der Waals surface area contributed by atoms with Crippen LogP contribution < -0.4 is 16.0 Å². The second kappa shape index (κ2) is 6.32. The molecule has 28 heavy (non-hydrogen) atoms. The molecule has 0 saturated heterocycles. The van der Waals surface area contributed by atoms with Gasteiger partial charge in [0, 0.05) is 24.2 Å². The van der Waals surface area contributed by atoms with Crippen molar-refractivity contribution in [1.82, 2.24) is 10.3 Å². The van der Waals surface area contributed by atoms with Crippen molar-refractivity contribution in [3.05, 3.63) is 94.6 Å². The highest BCUT2D eigenvalue weighted by Crippen LogP contribution is 2.33.